The minimum absolute atomic E-state index is 0.0807. The first-order valence-corrected chi connectivity index (χ1v) is 5.49. The molecule has 0 unspecified atom stereocenters. The highest BCUT2D eigenvalue weighted by molar-refractivity contribution is 6.34. The third-order valence-corrected chi connectivity index (χ3v) is 2.45. The van der Waals surface area contributed by atoms with E-state index in [1.54, 1.807) is 6.07 Å². The smallest absolute Gasteiger partial charge is 0.242 e. The highest BCUT2D eigenvalue weighted by atomic mass is 35.5. The number of carbonyl (C=O) groups excluding carboxylic acids is 1. The maximum Gasteiger partial charge on any atom is 0.242 e. The molecular formula is C12H15ClN2O. The van der Waals surface area contributed by atoms with Crippen molar-refractivity contribution >= 4 is 23.2 Å². The monoisotopic (exact) mass is 238 g/mol. The summed E-state index contributed by atoms with van der Waals surface area (Å²) < 4.78 is 0. The summed E-state index contributed by atoms with van der Waals surface area (Å²) in [6.45, 7) is 5.44. The molecule has 0 aliphatic rings. The normalized spacial score (nSPS) is 11.7. The van der Waals surface area contributed by atoms with Crippen LogP contribution in [0.25, 0.3) is 0 Å². The Bertz CT molecular complexity index is 413. The maximum atomic E-state index is 11.3. The summed E-state index contributed by atoms with van der Waals surface area (Å²) in [6, 6.07) is 7.39. The van der Waals surface area contributed by atoms with Gasteiger partial charge in [0.25, 0.3) is 0 Å². The van der Waals surface area contributed by atoms with Crippen LogP contribution in [0.5, 0.6) is 0 Å². The standard InChI is InChI=1S/C12H15ClN2O/c1-8(2)12(16)15-14-9(3)10-6-4-5-7-11(10)13/h4-8H,1-3H3,(H,15,16)/b14-9+. The van der Waals surface area contributed by atoms with Gasteiger partial charge in [0.15, 0.2) is 0 Å². The summed E-state index contributed by atoms with van der Waals surface area (Å²) in [4.78, 5) is 11.3. The van der Waals surface area contributed by atoms with Crippen molar-refractivity contribution in [2.75, 3.05) is 0 Å². The summed E-state index contributed by atoms with van der Waals surface area (Å²) in [6.07, 6.45) is 0. The second-order valence-electron chi connectivity index (χ2n) is 3.81. The van der Waals surface area contributed by atoms with Gasteiger partial charge in [-0.15, -0.1) is 0 Å². The number of rotatable bonds is 3. The Hall–Kier alpha value is -1.35. The van der Waals surface area contributed by atoms with Gasteiger partial charge in [-0.2, -0.15) is 5.10 Å². The van der Waals surface area contributed by atoms with Crippen LogP contribution in [0.2, 0.25) is 5.02 Å². The zero-order valence-electron chi connectivity index (χ0n) is 9.62. The van der Waals surface area contributed by atoms with E-state index in [9.17, 15) is 4.79 Å². The molecule has 0 aliphatic heterocycles. The highest BCUT2D eigenvalue weighted by Gasteiger charge is 2.06. The molecule has 0 atom stereocenters. The molecule has 86 valence electrons. The van der Waals surface area contributed by atoms with Gasteiger partial charge >= 0.3 is 0 Å². The van der Waals surface area contributed by atoms with Crippen molar-refractivity contribution in [3.63, 3.8) is 0 Å². The molecular weight excluding hydrogens is 224 g/mol. The van der Waals surface area contributed by atoms with Crippen LogP contribution in [0.15, 0.2) is 29.4 Å². The summed E-state index contributed by atoms with van der Waals surface area (Å²) in [5.74, 6) is -0.186. The Labute approximate surface area is 101 Å². The Kier molecular flexibility index (Phi) is 4.50. The molecule has 0 aromatic heterocycles. The van der Waals surface area contributed by atoms with Gasteiger partial charge < -0.3 is 0 Å². The van der Waals surface area contributed by atoms with E-state index in [0.29, 0.717) is 10.7 Å². The van der Waals surface area contributed by atoms with E-state index in [2.05, 4.69) is 10.5 Å². The molecule has 0 saturated carbocycles. The molecule has 0 bridgehead atoms. The summed E-state index contributed by atoms with van der Waals surface area (Å²) >= 11 is 6.00. The number of halogens is 1. The van der Waals surface area contributed by atoms with Gasteiger partial charge in [0.05, 0.1) is 5.71 Å². The average Bonchev–Trinajstić information content (AvgIpc) is 2.25. The molecule has 1 amide bonds. The molecule has 0 fully saturated rings. The molecule has 1 N–H and O–H groups in total. The predicted molar refractivity (Wildman–Crippen MR) is 66.6 cm³/mol. The minimum atomic E-state index is -0.105. The highest BCUT2D eigenvalue weighted by Crippen LogP contribution is 2.15. The van der Waals surface area contributed by atoms with Gasteiger partial charge in [-0.1, -0.05) is 43.6 Å². The number of hydrogen-bond acceptors (Lipinski definition) is 2. The predicted octanol–water partition coefficient (Wildman–Crippen LogP) is 2.84. The van der Waals surface area contributed by atoms with E-state index in [1.807, 2.05) is 39.0 Å². The first kappa shape index (κ1) is 12.7. The van der Waals surface area contributed by atoms with Gasteiger partial charge in [0.1, 0.15) is 0 Å². The summed E-state index contributed by atoms with van der Waals surface area (Å²) in [5, 5.41) is 4.64. The fraction of sp³-hybridized carbons (Fsp3) is 0.333. The number of benzene rings is 1. The van der Waals surface area contributed by atoms with Crippen LogP contribution >= 0.6 is 11.6 Å². The SMILES string of the molecule is C/C(=N\NC(=O)C(C)C)c1ccccc1Cl. The number of nitrogens with zero attached hydrogens (tertiary/aromatic N) is 1. The van der Waals surface area contributed by atoms with Crippen LogP contribution in [0.4, 0.5) is 0 Å². The van der Waals surface area contributed by atoms with Crippen molar-refractivity contribution in [1.82, 2.24) is 5.43 Å². The van der Waals surface area contributed by atoms with Crippen LogP contribution in [0, 0.1) is 5.92 Å². The zero-order chi connectivity index (χ0) is 12.1. The van der Waals surface area contributed by atoms with E-state index in [1.165, 1.54) is 0 Å². The van der Waals surface area contributed by atoms with Gasteiger partial charge in [0, 0.05) is 16.5 Å². The largest absolute Gasteiger partial charge is 0.273 e. The number of nitrogens with one attached hydrogen (secondary N) is 1. The third kappa shape index (κ3) is 3.35. The van der Waals surface area contributed by atoms with Crippen molar-refractivity contribution in [2.24, 2.45) is 11.0 Å². The Morgan fingerprint density at radius 1 is 1.38 bits per heavy atom. The minimum Gasteiger partial charge on any atom is -0.273 e. The van der Waals surface area contributed by atoms with Crippen LogP contribution in [0.1, 0.15) is 26.3 Å². The van der Waals surface area contributed by atoms with Crippen molar-refractivity contribution in [3.05, 3.63) is 34.9 Å². The van der Waals surface area contributed by atoms with Gasteiger partial charge in [0.2, 0.25) is 5.91 Å². The molecule has 0 radical (unpaired) electrons. The molecule has 1 rings (SSSR count). The van der Waals surface area contributed by atoms with Gasteiger partial charge in [-0.25, -0.2) is 5.43 Å². The van der Waals surface area contributed by atoms with Crippen LogP contribution in [-0.2, 0) is 4.79 Å². The maximum absolute atomic E-state index is 11.3. The fourth-order valence-electron chi connectivity index (χ4n) is 1.08. The molecule has 16 heavy (non-hydrogen) atoms. The molecule has 4 heteroatoms. The first-order valence-electron chi connectivity index (χ1n) is 5.11. The van der Waals surface area contributed by atoms with Crippen LogP contribution < -0.4 is 5.43 Å². The number of hydrazone groups is 1. The molecule has 1 aromatic carbocycles. The Morgan fingerprint density at radius 2 is 2.00 bits per heavy atom. The lowest BCUT2D eigenvalue weighted by atomic mass is 10.1. The molecule has 0 spiro atoms. The van der Waals surface area contributed by atoms with Crippen molar-refractivity contribution in [2.45, 2.75) is 20.8 Å². The van der Waals surface area contributed by atoms with Crippen molar-refractivity contribution < 1.29 is 4.79 Å². The van der Waals surface area contributed by atoms with Gasteiger partial charge in [-0.05, 0) is 13.0 Å². The lowest BCUT2D eigenvalue weighted by Crippen LogP contribution is -2.24. The van der Waals surface area contributed by atoms with E-state index >= 15 is 0 Å². The van der Waals surface area contributed by atoms with Crippen molar-refractivity contribution in [1.29, 1.82) is 0 Å². The quantitative estimate of drug-likeness (QED) is 0.639. The molecule has 0 aliphatic carbocycles. The van der Waals surface area contributed by atoms with E-state index in [-0.39, 0.29) is 11.8 Å². The third-order valence-electron chi connectivity index (χ3n) is 2.12. The summed E-state index contributed by atoms with van der Waals surface area (Å²) in [5.41, 5.74) is 4.02. The molecule has 0 heterocycles. The number of carbonyl (C=O) groups is 1. The Morgan fingerprint density at radius 3 is 2.56 bits per heavy atom. The first-order chi connectivity index (χ1) is 7.52. The average molecular weight is 239 g/mol. The van der Waals surface area contributed by atoms with Crippen LogP contribution in [-0.4, -0.2) is 11.6 Å². The van der Waals surface area contributed by atoms with E-state index < -0.39 is 0 Å². The molecule has 0 saturated heterocycles. The Balaban J connectivity index is 2.79. The van der Waals surface area contributed by atoms with Crippen molar-refractivity contribution in [3.8, 4) is 0 Å². The zero-order valence-corrected chi connectivity index (χ0v) is 10.4. The lowest BCUT2D eigenvalue weighted by molar-refractivity contribution is -0.123. The second-order valence-corrected chi connectivity index (χ2v) is 4.22. The number of hydrogen-bond donors (Lipinski definition) is 1. The topological polar surface area (TPSA) is 41.5 Å². The molecule has 3 nitrogen and oxygen atoms in total. The van der Waals surface area contributed by atoms with Crippen LogP contribution in [0.3, 0.4) is 0 Å². The fourth-order valence-corrected chi connectivity index (χ4v) is 1.36. The molecule has 1 aromatic rings. The van der Waals surface area contributed by atoms with E-state index in [0.717, 1.165) is 5.56 Å². The second kappa shape index (κ2) is 5.66. The number of amides is 1. The summed E-state index contributed by atoms with van der Waals surface area (Å²) in [7, 11) is 0. The van der Waals surface area contributed by atoms with Gasteiger partial charge in [-0.3, -0.25) is 4.79 Å². The van der Waals surface area contributed by atoms with E-state index in [4.69, 9.17) is 11.6 Å². The lowest BCUT2D eigenvalue weighted by Gasteiger charge is -2.05.